The van der Waals surface area contributed by atoms with Crippen molar-refractivity contribution >= 4 is 23.9 Å². The molecule has 11 heteroatoms. The molecular formula is C26H37N5O6. The Labute approximate surface area is 216 Å². The predicted molar refractivity (Wildman–Crippen MR) is 137 cm³/mol. The number of nitrogens with one attached hydrogen (secondary N) is 4. The Morgan fingerprint density at radius 2 is 1.54 bits per heavy atom. The molecule has 2 aromatic rings. The number of aromatic nitrogens is 2. The Bertz CT molecular complexity index is 1030. The van der Waals surface area contributed by atoms with Gasteiger partial charge in [0.25, 0.3) is 0 Å². The highest BCUT2D eigenvalue weighted by Crippen LogP contribution is 2.10. The summed E-state index contributed by atoms with van der Waals surface area (Å²) in [5, 5.41) is 17.4. The molecule has 0 spiro atoms. The first-order valence-corrected chi connectivity index (χ1v) is 12.2. The number of H-pyrrole nitrogens is 1. The van der Waals surface area contributed by atoms with Gasteiger partial charge in [0.05, 0.1) is 6.33 Å². The maximum absolute atomic E-state index is 13.4. The van der Waals surface area contributed by atoms with Gasteiger partial charge in [-0.25, -0.2) is 14.6 Å². The molecule has 0 saturated carbocycles. The lowest BCUT2D eigenvalue weighted by molar-refractivity contribution is -0.142. The highest BCUT2D eigenvalue weighted by atomic mass is 16.6. The van der Waals surface area contributed by atoms with E-state index >= 15 is 0 Å². The summed E-state index contributed by atoms with van der Waals surface area (Å²) in [5.41, 5.74) is 0.579. The highest BCUT2D eigenvalue weighted by molar-refractivity contribution is 5.93. The van der Waals surface area contributed by atoms with Crippen LogP contribution in [0.3, 0.4) is 0 Å². The molecule has 1 heterocycles. The fourth-order valence-corrected chi connectivity index (χ4v) is 3.57. The molecule has 0 aliphatic carbocycles. The zero-order chi connectivity index (χ0) is 27.6. The minimum absolute atomic E-state index is 0.0235. The van der Waals surface area contributed by atoms with Gasteiger partial charge in [0.2, 0.25) is 11.8 Å². The first-order chi connectivity index (χ1) is 17.3. The predicted octanol–water partition coefficient (Wildman–Crippen LogP) is 2.19. The molecule has 0 radical (unpaired) electrons. The molecule has 11 nitrogen and oxygen atoms in total. The van der Waals surface area contributed by atoms with Gasteiger partial charge in [0, 0.05) is 24.7 Å². The van der Waals surface area contributed by atoms with Crippen molar-refractivity contribution in [1.29, 1.82) is 0 Å². The van der Waals surface area contributed by atoms with Gasteiger partial charge in [-0.1, -0.05) is 44.2 Å². The molecule has 202 valence electrons. The van der Waals surface area contributed by atoms with Crippen molar-refractivity contribution in [2.45, 2.75) is 77.6 Å². The van der Waals surface area contributed by atoms with Gasteiger partial charge in [-0.2, -0.15) is 0 Å². The summed E-state index contributed by atoms with van der Waals surface area (Å²) in [4.78, 5) is 57.6. The first kappa shape index (κ1) is 29.3. The number of imidazole rings is 1. The number of carboxylic acids is 1. The lowest BCUT2D eigenvalue weighted by Gasteiger charge is -2.26. The van der Waals surface area contributed by atoms with Crippen LogP contribution < -0.4 is 16.0 Å². The summed E-state index contributed by atoms with van der Waals surface area (Å²) in [7, 11) is 0. The van der Waals surface area contributed by atoms with Gasteiger partial charge >= 0.3 is 12.1 Å². The molecule has 0 fully saturated rings. The smallest absolute Gasteiger partial charge is 0.408 e. The Hall–Kier alpha value is -3.89. The zero-order valence-corrected chi connectivity index (χ0v) is 21.9. The molecule has 1 aromatic heterocycles. The third-order valence-corrected chi connectivity index (χ3v) is 5.22. The minimum atomic E-state index is -1.16. The second kappa shape index (κ2) is 13.4. The molecular weight excluding hydrogens is 478 g/mol. The van der Waals surface area contributed by atoms with E-state index in [0.29, 0.717) is 5.69 Å². The molecule has 3 unspecified atom stereocenters. The largest absolute Gasteiger partial charge is 0.480 e. The van der Waals surface area contributed by atoms with Gasteiger partial charge in [-0.3, -0.25) is 9.59 Å². The number of amides is 3. The number of hydrogen-bond acceptors (Lipinski definition) is 6. The topological polar surface area (TPSA) is 163 Å². The van der Waals surface area contributed by atoms with E-state index in [4.69, 9.17) is 4.74 Å². The second-order valence-corrected chi connectivity index (χ2v) is 10.3. The Morgan fingerprint density at radius 3 is 2.05 bits per heavy atom. The summed E-state index contributed by atoms with van der Waals surface area (Å²) in [6.07, 6.45) is 2.58. The van der Waals surface area contributed by atoms with Crippen molar-refractivity contribution in [2.24, 2.45) is 5.92 Å². The van der Waals surface area contributed by atoms with Crippen LogP contribution in [0.4, 0.5) is 4.79 Å². The van der Waals surface area contributed by atoms with Crippen LogP contribution in [0.5, 0.6) is 0 Å². The molecule has 2 rings (SSSR count). The van der Waals surface area contributed by atoms with Crippen molar-refractivity contribution in [3.63, 3.8) is 0 Å². The summed E-state index contributed by atoms with van der Waals surface area (Å²) in [6.45, 7) is 8.82. The summed E-state index contributed by atoms with van der Waals surface area (Å²) >= 11 is 0. The molecule has 37 heavy (non-hydrogen) atoms. The lowest BCUT2D eigenvalue weighted by atomic mass is 10.0. The van der Waals surface area contributed by atoms with Gasteiger partial charge in [0.15, 0.2) is 0 Å². The standard InChI is InChI=1S/C26H37N5O6/c1-16(2)11-21(24(34)35)30-23(33)20(13-18-14-27-15-28-18)29-22(32)19(12-17-9-7-6-8-10-17)31-25(36)37-26(3,4)5/h6-10,14-16,19-21H,11-13H2,1-5H3,(H,27,28)(H,29,32)(H,30,33)(H,31,36)(H,34,35). The Balaban J connectivity index is 2.25. The number of carbonyl (C=O) groups is 4. The first-order valence-electron chi connectivity index (χ1n) is 12.2. The maximum atomic E-state index is 13.4. The van der Waals surface area contributed by atoms with Crippen LogP contribution in [0, 0.1) is 5.92 Å². The molecule has 3 amide bonds. The number of aromatic amines is 1. The molecule has 0 bridgehead atoms. The third-order valence-electron chi connectivity index (χ3n) is 5.22. The van der Waals surface area contributed by atoms with Gasteiger partial charge < -0.3 is 30.8 Å². The summed E-state index contributed by atoms with van der Waals surface area (Å²) < 4.78 is 5.32. The number of rotatable bonds is 12. The van der Waals surface area contributed by atoms with Crippen LogP contribution in [0.2, 0.25) is 0 Å². The van der Waals surface area contributed by atoms with Crippen molar-refractivity contribution in [3.8, 4) is 0 Å². The van der Waals surface area contributed by atoms with Crippen LogP contribution >= 0.6 is 0 Å². The Kier molecular flexibility index (Phi) is 10.6. The number of hydrogen-bond donors (Lipinski definition) is 5. The van der Waals surface area contributed by atoms with E-state index in [9.17, 15) is 24.3 Å². The average Bonchev–Trinajstić information content (AvgIpc) is 3.30. The van der Waals surface area contributed by atoms with Crippen LogP contribution in [-0.4, -0.2) is 62.7 Å². The SMILES string of the molecule is CC(C)CC(NC(=O)C(Cc1cnc[nH]1)NC(=O)C(Cc1ccccc1)NC(=O)OC(C)(C)C)C(=O)O. The van der Waals surface area contributed by atoms with Crippen LogP contribution in [-0.2, 0) is 32.0 Å². The summed E-state index contributed by atoms with van der Waals surface area (Å²) in [6, 6.07) is 5.79. The van der Waals surface area contributed by atoms with Crippen LogP contribution in [0.25, 0.3) is 0 Å². The zero-order valence-electron chi connectivity index (χ0n) is 21.9. The Morgan fingerprint density at radius 1 is 0.946 bits per heavy atom. The van der Waals surface area contributed by atoms with Gasteiger partial charge in [-0.05, 0) is 38.7 Å². The number of benzene rings is 1. The van der Waals surface area contributed by atoms with Gasteiger partial charge in [0.1, 0.15) is 23.7 Å². The van der Waals surface area contributed by atoms with E-state index in [1.807, 2.05) is 44.2 Å². The van der Waals surface area contributed by atoms with E-state index in [0.717, 1.165) is 5.56 Å². The van der Waals surface area contributed by atoms with Crippen LogP contribution in [0.15, 0.2) is 42.9 Å². The quantitative estimate of drug-likeness (QED) is 0.289. The van der Waals surface area contributed by atoms with Crippen molar-refractivity contribution in [3.05, 3.63) is 54.1 Å². The van der Waals surface area contributed by atoms with Crippen molar-refractivity contribution in [2.75, 3.05) is 0 Å². The molecule has 0 aliphatic rings. The highest BCUT2D eigenvalue weighted by Gasteiger charge is 2.31. The van der Waals surface area contributed by atoms with E-state index < -0.39 is 47.6 Å². The van der Waals surface area contributed by atoms with Crippen molar-refractivity contribution in [1.82, 2.24) is 25.9 Å². The van der Waals surface area contributed by atoms with Crippen molar-refractivity contribution < 1.29 is 29.0 Å². The lowest BCUT2D eigenvalue weighted by Crippen LogP contribution is -2.57. The number of ether oxygens (including phenoxy) is 1. The number of nitrogens with zero attached hydrogens (tertiary/aromatic N) is 1. The molecule has 0 aliphatic heterocycles. The minimum Gasteiger partial charge on any atom is -0.480 e. The summed E-state index contributed by atoms with van der Waals surface area (Å²) in [5.74, 6) is -2.42. The molecule has 5 N–H and O–H groups in total. The van der Waals surface area contributed by atoms with E-state index in [1.54, 1.807) is 20.8 Å². The number of carboxylic acid groups (broad SMARTS) is 1. The number of carbonyl (C=O) groups excluding carboxylic acids is 3. The fourth-order valence-electron chi connectivity index (χ4n) is 3.57. The third kappa shape index (κ3) is 10.7. The maximum Gasteiger partial charge on any atom is 0.408 e. The fraction of sp³-hybridized carbons (Fsp3) is 0.500. The number of aliphatic carboxylic acids is 1. The molecule has 3 atom stereocenters. The molecule has 0 saturated heterocycles. The molecule has 1 aromatic carbocycles. The van der Waals surface area contributed by atoms with E-state index in [2.05, 4.69) is 25.9 Å². The second-order valence-electron chi connectivity index (χ2n) is 10.3. The van der Waals surface area contributed by atoms with Gasteiger partial charge in [-0.15, -0.1) is 0 Å². The normalized spacial score (nSPS) is 13.8. The number of alkyl carbamates (subject to hydrolysis) is 1. The average molecular weight is 516 g/mol. The van der Waals surface area contributed by atoms with E-state index in [-0.39, 0.29) is 25.2 Å². The monoisotopic (exact) mass is 515 g/mol. The van der Waals surface area contributed by atoms with E-state index in [1.165, 1.54) is 12.5 Å². The van der Waals surface area contributed by atoms with Crippen LogP contribution in [0.1, 0.15) is 52.3 Å².